The second kappa shape index (κ2) is 16.1. The number of benzene rings is 10. The molecule has 14 rings (SSSR count). The van der Waals surface area contributed by atoms with Gasteiger partial charge in [-0.05, 0) is 71.3 Å². The van der Waals surface area contributed by atoms with Crippen LogP contribution in [-0.4, -0.2) is 19.5 Å². The van der Waals surface area contributed by atoms with Crippen molar-refractivity contribution in [3.05, 3.63) is 243 Å². The summed E-state index contributed by atoms with van der Waals surface area (Å²) < 4.78 is 8.98. The van der Waals surface area contributed by atoms with Crippen LogP contribution in [0, 0.1) is 0 Å². The molecule has 0 aliphatic heterocycles. The Morgan fingerprint density at radius 3 is 1.61 bits per heavy atom. The number of hydrogen-bond acceptors (Lipinski definition) is 4. The molecule has 70 heavy (non-hydrogen) atoms. The first-order valence-electron chi connectivity index (χ1n) is 23.7. The maximum absolute atomic E-state index is 6.64. The maximum Gasteiger partial charge on any atom is 0.160 e. The summed E-state index contributed by atoms with van der Waals surface area (Å²) >= 11 is 0. The van der Waals surface area contributed by atoms with Gasteiger partial charge < -0.3 is 8.98 Å². The van der Waals surface area contributed by atoms with Crippen molar-refractivity contribution in [2.75, 3.05) is 0 Å². The average molecular weight is 893 g/mol. The highest BCUT2D eigenvalue weighted by Crippen LogP contribution is 2.46. The van der Waals surface area contributed by atoms with E-state index in [1.807, 2.05) is 12.1 Å². The van der Waals surface area contributed by atoms with Crippen LogP contribution in [0.15, 0.2) is 247 Å². The number of rotatable bonds is 7. The van der Waals surface area contributed by atoms with Crippen LogP contribution in [0.1, 0.15) is 0 Å². The molecule has 0 saturated carbocycles. The van der Waals surface area contributed by atoms with Gasteiger partial charge in [0.05, 0.1) is 33.6 Å². The second-order valence-electron chi connectivity index (χ2n) is 17.9. The van der Waals surface area contributed by atoms with Gasteiger partial charge >= 0.3 is 0 Å². The van der Waals surface area contributed by atoms with Gasteiger partial charge in [0, 0.05) is 71.2 Å². The van der Waals surface area contributed by atoms with Crippen LogP contribution in [0.25, 0.3) is 139 Å². The molecule has 0 atom stereocenters. The fourth-order valence-corrected chi connectivity index (χ4v) is 10.6. The van der Waals surface area contributed by atoms with Crippen LogP contribution >= 0.6 is 0 Å². The van der Waals surface area contributed by atoms with Crippen LogP contribution in [0.3, 0.4) is 0 Å². The van der Waals surface area contributed by atoms with Crippen LogP contribution in [0.5, 0.6) is 0 Å². The van der Waals surface area contributed by atoms with Gasteiger partial charge in [0.2, 0.25) is 0 Å². The first-order valence-corrected chi connectivity index (χ1v) is 23.7. The molecule has 14 aromatic rings. The highest BCUT2D eigenvalue weighted by molar-refractivity contribution is 6.27. The maximum atomic E-state index is 6.64. The SMILES string of the molecule is c1ccc(-c2cc(-c3ccc(-c4cccc(-c5nc6ccccc6c6c(-c7ccccc7)c7c(cc56)oc5ccccc57)c4)cc3)nc(-c3cccc(-n4c5ccccc5c5ccccc54)c3)n2)cc1. The third kappa shape index (κ3) is 6.51. The predicted octanol–water partition coefficient (Wildman–Crippen LogP) is 17.2. The summed E-state index contributed by atoms with van der Waals surface area (Å²) in [4.78, 5) is 15.9. The molecule has 0 spiro atoms. The van der Waals surface area contributed by atoms with Crippen LogP contribution in [0.2, 0.25) is 0 Å². The predicted molar refractivity (Wildman–Crippen MR) is 289 cm³/mol. The second-order valence-corrected chi connectivity index (χ2v) is 17.9. The van der Waals surface area contributed by atoms with Crippen LogP contribution < -0.4 is 0 Å². The molecule has 0 unspecified atom stereocenters. The topological polar surface area (TPSA) is 56.7 Å². The lowest BCUT2D eigenvalue weighted by atomic mass is 9.89. The van der Waals surface area contributed by atoms with E-state index in [-0.39, 0.29) is 0 Å². The zero-order valence-corrected chi connectivity index (χ0v) is 37.8. The normalized spacial score (nSPS) is 11.7. The van der Waals surface area contributed by atoms with Gasteiger partial charge in [-0.3, -0.25) is 0 Å². The number of fused-ring (bicyclic) bond motifs is 9. The van der Waals surface area contributed by atoms with E-state index >= 15 is 0 Å². The molecule has 0 fully saturated rings. The molecule has 4 heterocycles. The molecule has 0 aliphatic rings. The Hall–Kier alpha value is -9.45. The van der Waals surface area contributed by atoms with Crippen molar-refractivity contribution in [3.8, 4) is 73.1 Å². The van der Waals surface area contributed by atoms with Gasteiger partial charge in [-0.25, -0.2) is 15.0 Å². The smallest absolute Gasteiger partial charge is 0.160 e. The number of hydrogen-bond donors (Lipinski definition) is 0. The van der Waals surface area contributed by atoms with E-state index < -0.39 is 0 Å². The number of furan rings is 1. The molecule has 0 amide bonds. The molecule has 0 radical (unpaired) electrons. The first-order chi connectivity index (χ1) is 34.7. The van der Waals surface area contributed by atoms with E-state index in [1.54, 1.807) is 0 Å². The van der Waals surface area contributed by atoms with E-state index in [1.165, 1.54) is 10.8 Å². The number of nitrogens with zero attached hydrogens (tertiary/aromatic N) is 4. The fraction of sp³-hybridized carbons (Fsp3) is 0. The van der Waals surface area contributed by atoms with Gasteiger partial charge in [-0.15, -0.1) is 0 Å². The summed E-state index contributed by atoms with van der Waals surface area (Å²) in [6.45, 7) is 0. The molecule has 10 aromatic carbocycles. The highest BCUT2D eigenvalue weighted by Gasteiger charge is 2.22. The summed E-state index contributed by atoms with van der Waals surface area (Å²) in [7, 11) is 0. The van der Waals surface area contributed by atoms with E-state index in [9.17, 15) is 0 Å². The molecule has 4 aromatic heterocycles. The monoisotopic (exact) mass is 892 g/mol. The summed E-state index contributed by atoms with van der Waals surface area (Å²) in [5.41, 5.74) is 17.2. The third-order valence-corrected chi connectivity index (χ3v) is 13.8. The van der Waals surface area contributed by atoms with Gasteiger partial charge in [-0.1, -0.05) is 188 Å². The minimum absolute atomic E-state index is 0.668. The van der Waals surface area contributed by atoms with Gasteiger partial charge in [0.25, 0.3) is 0 Å². The van der Waals surface area contributed by atoms with Crippen LogP contribution in [-0.2, 0) is 0 Å². The molecule has 0 bridgehead atoms. The van der Waals surface area contributed by atoms with E-state index in [0.717, 1.165) is 122 Å². The Kier molecular flexibility index (Phi) is 9.14. The van der Waals surface area contributed by atoms with Crippen molar-refractivity contribution in [2.45, 2.75) is 0 Å². The lowest BCUT2D eigenvalue weighted by Crippen LogP contribution is -1.98. The lowest BCUT2D eigenvalue weighted by molar-refractivity contribution is 0.669. The average Bonchev–Trinajstić information content (AvgIpc) is 3.98. The number of aromatic nitrogens is 4. The fourth-order valence-electron chi connectivity index (χ4n) is 10.6. The minimum atomic E-state index is 0.668. The van der Waals surface area contributed by atoms with Gasteiger partial charge in [0.15, 0.2) is 5.82 Å². The van der Waals surface area contributed by atoms with Gasteiger partial charge in [-0.2, -0.15) is 0 Å². The van der Waals surface area contributed by atoms with Crippen molar-refractivity contribution in [1.82, 2.24) is 19.5 Å². The molecular formula is C65H40N4O. The first kappa shape index (κ1) is 39.7. The van der Waals surface area contributed by atoms with Crippen molar-refractivity contribution in [3.63, 3.8) is 0 Å². The van der Waals surface area contributed by atoms with Crippen molar-refractivity contribution >= 4 is 65.4 Å². The number of pyridine rings is 1. The largest absolute Gasteiger partial charge is 0.456 e. The standard InChI is InChI=1S/C65H40N4O/c1-3-17-42(18-4-1)55-40-56(68-65(67-55)47-23-16-24-48(38-47)69-57-30-12-8-25-49(57)50-26-9-13-31-58(50)69)43-35-33-41(34-36-43)45-21-15-22-46(37-45)64-53-39-60-63(52-28-10-14-32-59(52)70-60)61(44-19-5-2-6-20-44)62(53)51-27-7-11-29-54(51)66-64/h1-40H. The molecule has 5 nitrogen and oxygen atoms in total. The number of para-hydroxylation sites is 4. The van der Waals surface area contributed by atoms with Crippen LogP contribution in [0.4, 0.5) is 0 Å². The zero-order chi connectivity index (χ0) is 46.1. The van der Waals surface area contributed by atoms with Crippen molar-refractivity contribution in [2.24, 2.45) is 0 Å². The summed E-state index contributed by atoms with van der Waals surface area (Å²) in [6, 6.07) is 85.5. The van der Waals surface area contributed by atoms with Crippen molar-refractivity contribution in [1.29, 1.82) is 0 Å². The molecule has 326 valence electrons. The Morgan fingerprint density at radius 2 is 0.871 bits per heavy atom. The summed E-state index contributed by atoms with van der Waals surface area (Å²) in [5, 5.41) is 7.99. The molecule has 0 saturated heterocycles. The van der Waals surface area contributed by atoms with Gasteiger partial charge in [0.1, 0.15) is 11.2 Å². The summed E-state index contributed by atoms with van der Waals surface area (Å²) in [6.07, 6.45) is 0. The van der Waals surface area contributed by atoms with E-state index in [2.05, 4.69) is 235 Å². The highest BCUT2D eigenvalue weighted by atomic mass is 16.3. The van der Waals surface area contributed by atoms with Crippen molar-refractivity contribution < 1.29 is 4.42 Å². The Balaban J connectivity index is 0.880. The third-order valence-electron chi connectivity index (χ3n) is 13.8. The summed E-state index contributed by atoms with van der Waals surface area (Å²) in [5.74, 6) is 0.668. The Bertz CT molecular complexity index is 4290. The minimum Gasteiger partial charge on any atom is -0.456 e. The molecule has 0 aliphatic carbocycles. The zero-order valence-electron chi connectivity index (χ0n) is 37.8. The quantitative estimate of drug-likeness (QED) is 0.150. The van der Waals surface area contributed by atoms with E-state index in [0.29, 0.717) is 5.82 Å². The Labute approximate surface area is 403 Å². The molecular weight excluding hydrogens is 853 g/mol. The lowest BCUT2D eigenvalue weighted by Gasteiger charge is -2.16. The Morgan fingerprint density at radius 1 is 0.314 bits per heavy atom. The molecule has 5 heteroatoms. The van der Waals surface area contributed by atoms with E-state index in [4.69, 9.17) is 19.4 Å². The molecule has 0 N–H and O–H groups in total.